The third kappa shape index (κ3) is 8.11. The van der Waals surface area contributed by atoms with E-state index >= 15 is 0 Å². The molecular weight excluding hydrogens is 520 g/mol. The van der Waals surface area contributed by atoms with E-state index in [0.29, 0.717) is 16.9 Å². The average molecular weight is 544 g/mol. The van der Waals surface area contributed by atoms with Crippen LogP contribution in [0.4, 0.5) is 20.2 Å². The summed E-state index contributed by atoms with van der Waals surface area (Å²) in [5.41, 5.74) is 1.29. The van der Waals surface area contributed by atoms with Crippen molar-refractivity contribution in [1.29, 1.82) is 0 Å². The maximum absolute atomic E-state index is 14.3. The minimum absolute atomic E-state index is 0.129. The molecule has 39 heavy (non-hydrogen) atoms. The highest BCUT2D eigenvalue weighted by Crippen LogP contribution is 2.21. The first-order valence-electron chi connectivity index (χ1n) is 11.8. The lowest BCUT2D eigenvalue weighted by Gasteiger charge is -2.12. The molecule has 3 N–H and O–H groups in total. The Morgan fingerprint density at radius 1 is 0.718 bits per heavy atom. The van der Waals surface area contributed by atoms with Gasteiger partial charge in [-0.15, -0.1) is 11.8 Å². The molecule has 0 aromatic heterocycles. The van der Waals surface area contributed by atoms with Gasteiger partial charge in [-0.25, -0.2) is 8.78 Å². The van der Waals surface area contributed by atoms with Crippen LogP contribution in [0.15, 0.2) is 114 Å². The van der Waals surface area contributed by atoms with E-state index in [-0.39, 0.29) is 28.7 Å². The summed E-state index contributed by atoms with van der Waals surface area (Å²) in [6.07, 6.45) is 1.27. The summed E-state index contributed by atoms with van der Waals surface area (Å²) in [4.78, 5) is 38.8. The number of nitrogens with one attached hydrogen (secondary N) is 3. The Hall–Kier alpha value is -4.76. The molecule has 6 nitrogen and oxygen atoms in total. The van der Waals surface area contributed by atoms with Gasteiger partial charge in [-0.3, -0.25) is 14.4 Å². The zero-order valence-electron chi connectivity index (χ0n) is 20.5. The molecule has 196 valence electrons. The molecule has 0 saturated carbocycles. The Morgan fingerprint density at radius 3 is 2.03 bits per heavy atom. The number of halogens is 2. The van der Waals surface area contributed by atoms with Gasteiger partial charge in [0.15, 0.2) is 0 Å². The molecule has 0 aliphatic carbocycles. The Labute approximate surface area is 228 Å². The summed E-state index contributed by atoms with van der Waals surface area (Å²) >= 11 is 1.29. The first-order chi connectivity index (χ1) is 18.9. The summed E-state index contributed by atoms with van der Waals surface area (Å²) in [6.45, 7) is 0. The van der Waals surface area contributed by atoms with Gasteiger partial charge in [0.1, 0.15) is 17.3 Å². The van der Waals surface area contributed by atoms with Gasteiger partial charge in [0, 0.05) is 27.4 Å². The second kappa shape index (κ2) is 13.2. The molecule has 0 unspecified atom stereocenters. The van der Waals surface area contributed by atoms with Gasteiger partial charge in [0.05, 0.1) is 5.75 Å². The molecule has 0 bridgehead atoms. The number of anilines is 2. The highest BCUT2D eigenvalue weighted by Gasteiger charge is 2.16. The molecule has 0 atom stereocenters. The van der Waals surface area contributed by atoms with E-state index < -0.39 is 17.6 Å². The minimum atomic E-state index is -0.637. The van der Waals surface area contributed by atoms with Crippen molar-refractivity contribution >= 4 is 46.9 Å². The normalized spacial score (nSPS) is 11.0. The molecule has 0 saturated heterocycles. The topological polar surface area (TPSA) is 87.3 Å². The third-order valence-corrected chi connectivity index (χ3v) is 6.36. The molecule has 4 rings (SSSR count). The quantitative estimate of drug-likeness (QED) is 0.176. The number of carbonyl (C=O) groups excluding carboxylic acids is 3. The first kappa shape index (κ1) is 27.3. The lowest BCUT2D eigenvalue weighted by atomic mass is 10.1. The predicted octanol–water partition coefficient (Wildman–Crippen LogP) is 6.11. The van der Waals surface area contributed by atoms with Crippen LogP contribution in [-0.2, 0) is 9.59 Å². The van der Waals surface area contributed by atoms with E-state index in [4.69, 9.17) is 0 Å². The maximum atomic E-state index is 14.3. The molecular formula is C30H23F2N3O3S. The number of thioether (sulfide) groups is 1. The van der Waals surface area contributed by atoms with Crippen LogP contribution in [0.2, 0.25) is 0 Å². The van der Waals surface area contributed by atoms with Crippen LogP contribution >= 0.6 is 11.8 Å². The zero-order valence-corrected chi connectivity index (χ0v) is 21.3. The molecule has 0 spiro atoms. The SMILES string of the molecule is O=C(CSc1ccc(NC(=O)/C(=C/c2ccccc2F)NC(=O)c2ccccc2)cc1)Nc1ccc(F)cc1. The fourth-order valence-electron chi connectivity index (χ4n) is 3.40. The molecule has 4 aromatic rings. The van der Waals surface area contributed by atoms with Gasteiger partial charge in [0.2, 0.25) is 5.91 Å². The summed E-state index contributed by atoms with van der Waals surface area (Å²) < 4.78 is 27.3. The van der Waals surface area contributed by atoms with E-state index in [1.165, 1.54) is 60.3 Å². The van der Waals surface area contributed by atoms with Gasteiger partial charge >= 0.3 is 0 Å². The molecule has 3 amide bonds. The Bertz CT molecular complexity index is 1490. The van der Waals surface area contributed by atoms with Gasteiger partial charge in [-0.1, -0.05) is 36.4 Å². The molecule has 4 aromatic carbocycles. The number of carbonyl (C=O) groups is 3. The van der Waals surface area contributed by atoms with E-state index in [1.807, 2.05) is 0 Å². The number of hydrogen-bond acceptors (Lipinski definition) is 4. The van der Waals surface area contributed by atoms with Crippen molar-refractivity contribution in [2.45, 2.75) is 4.90 Å². The van der Waals surface area contributed by atoms with Crippen LogP contribution in [0.25, 0.3) is 6.08 Å². The van der Waals surface area contributed by atoms with Gasteiger partial charge in [-0.05, 0) is 72.8 Å². The van der Waals surface area contributed by atoms with Gasteiger partial charge in [0.25, 0.3) is 11.8 Å². The first-order valence-corrected chi connectivity index (χ1v) is 12.8. The number of hydrogen-bond donors (Lipinski definition) is 3. The van der Waals surface area contributed by atoms with E-state index in [9.17, 15) is 23.2 Å². The second-order valence-corrected chi connectivity index (χ2v) is 9.27. The third-order valence-electron chi connectivity index (χ3n) is 5.34. The van der Waals surface area contributed by atoms with Crippen LogP contribution in [0.1, 0.15) is 15.9 Å². The van der Waals surface area contributed by atoms with Crippen molar-refractivity contribution in [2.75, 3.05) is 16.4 Å². The van der Waals surface area contributed by atoms with Gasteiger partial charge in [-0.2, -0.15) is 0 Å². The van der Waals surface area contributed by atoms with Crippen LogP contribution < -0.4 is 16.0 Å². The highest BCUT2D eigenvalue weighted by atomic mass is 32.2. The monoisotopic (exact) mass is 543 g/mol. The van der Waals surface area contributed by atoms with E-state index in [2.05, 4.69) is 16.0 Å². The molecule has 0 heterocycles. The highest BCUT2D eigenvalue weighted by molar-refractivity contribution is 8.00. The lowest BCUT2D eigenvalue weighted by molar-refractivity contribution is -0.114. The van der Waals surface area contributed by atoms with Crippen LogP contribution in [0.3, 0.4) is 0 Å². The largest absolute Gasteiger partial charge is 0.325 e. The Balaban J connectivity index is 1.40. The van der Waals surface area contributed by atoms with Crippen molar-refractivity contribution in [3.63, 3.8) is 0 Å². The Morgan fingerprint density at radius 2 is 1.33 bits per heavy atom. The fraction of sp³-hybridized carbons (Fsp3) is 0.0333. The molecule has 0 fully saturated rings. The molecule has 9 heteroatoms. The van der Waals surface area contributed by atoms with Gasteiger partial charge < -0.3 is 16.0 Å². The molecule has 0 aliphatic heterocycles. The van der Waals surface area contributed by atoms with Crippen molar-refractivity contribution in [1.82, 2.24) is 5.32 Å². The number of benzene rings is 4. The molecule has 0 aliphatic rings. The summed E-state index contributed by atoms with van der Waals surface area (Å²) in [6, 6.07) is 26.5. The van der Waals surface area contributed by atoms with Crippen molar-refractivity contribution < 1.29 is 23.2 Å². The van der Waals surface area contributed by atoms with E-state index in [0.717, 1.165) is 4.90 Å². The Kier molecular flexibility index (Phi) is 9.20. The second-order valence-electron chi connectivity index (χ2n) is 8.22. The maximum Gasteiger partial charge on any atom is 0.272 e. The smallest absolute Gasteiger partial charge is 0.272 e. The summed E-state index contributed by atoms with van der Waals surface area (Å²) in [5, 5.41) is 7.96. The predicted molar refractivity (Wildman–Crippen MR) is 149 cm³/mol. The van der Waals surface area contributed by atoms with Crippen LogP contribution in [0, 0.1) is 11.6 Å². The van der Waals surface area contributed by atoms with E-state index in [1.54, 1.807) is 60.7 Å². The van der Waals surface area contributed by atoms with Crippen molar-refractivity contribution in [3.8, 4) is 0 Å². The summed E-state index contributed by atoms with van der Waals surface area (Å²) in [7, 11) is 0. The minimum Gasteiger partial charge on any atom is -0.325 e. The van der Waals surface area contributed by atoms with Crippen LogP contribution in [0.5, 0.6) is 0 Å². The number of rotatable bonds is 9. The number of amides is 3. The molecule has 0 radical (unpaired) electrons. The fourth-order valence-corrected chi connectivity index (χ4v) is 4.10. The lowest BCUT2D eigenvalue weighted by Crippen LogP contribution is -2.30. The van der Waals surface area contributed by atoms with Crippen LogP contribution in [-0.4, -0.2) is 23.5 Å². The van der Waals surface area contributed by atoms with Crippen molar-refractivity contribution in [2.24, 2.45) is 0 Å². The summed E-state index contributed by atoms with van der Waals surface area (Å²) in [5.74, 6) is -2.20. The average Bonchev–Trinajstić information content (AvgIpc) is 2.95. The zero-order chi connectivity index (χ0) is 27.6. The van der Waals surface area contributed by atoms with Crippen molar-refractivity contribution in [3.05, 3.63) is 132 Å². The standard InChI is InChI=1S/C30H23F2N3O3S/c31-22-10-12-23(13-11-22)33-28(36)19-39-25-16-14-24(15-17-25)34-30(38)27(18-21-8-4-5-9-26(21)32)35-29(37)20-6-2-1-3-7-20/h1-18H,19H2,(H,33,36)(H,34,38)(H,35,37)/b27-18-.